The first-order valence-electron chi connectivity index (χ1n) is 12.4. The molecule has 192 valence electrons. The normalized spacial score (nSPS) is 15.2. The Morgan fingerprint density at radius 1 is 1.14 bits per heavy atom. The van der Waals surface area contributed by atoms with E-state index in [-0.39, 0.29) is 0 Å². The summed E-state index contributed by atoms with van der Waals surface area (Å²) in [5.41, 5.74) is 11.0. The van der Waals surface area contributed by atoms with E-state index in [1.165, 1.54) is 0 Å². The number of hydrogen-bond donors (Lipinski definition) is 1. The molecule has 4 heterocycles. The maximum atomic E-state index is 6.46. The predicted molar refractivity (Wildman–Crippen MR) is 146 cm³/mol. The van der Waals surface area contributed by atoms with Gasteiger partial charge in [0.15, 0.2) is 17.2 Å². The van der Waals surface area contributed by atoms with E-state index in [9.17, 15) is 0 Å². The summed E-state index contributed by atoms with van der Waals surface area (Å²) in [6.45, 7) is 3.54. The summed E-state index contributed by atoms with van der Waals surface area (Å²) < 4.78 is 13.5. The highest BCUT2D eigenvalue weighted by atomic mass is 16.5. The second-order valence-corrected chi connectivity index (χ2v) is 9.15. The van der Waals surface area contributed by atoms with Crippen LogP contribution in [0.2, 0.25) is 0 Å². The molecule has 0 saturated carbocycles. The molecule has 5 rings (SSSR count). The van der Waals surface area contributed by atoms with Gasteiger partial charge in [0.1, 0.15) is 5.52 Å². The van der Waals surface area contributed by atoms with Crippen molar-refractivity contribution in [2.75, 3.05) is 58.9 Å². The van der Waals surface area contributed by atoms with Gasteiger partial charge in [-0.2, -0.15) is 10.1 Å². The molecule has 3 aromatic heterocycles. The van der Waals surface area contributed by atoms with Crippen LogP contribution < -0.4 is 10.6 Å². The third-order valence-corrected chi connectivity index (χ3v) is 6.23. The molecule has 10 heteroatoms. The van der Waals surface area contributed by atoms with Crippen LogP contribution in [0.4, 0.5) is 5.82 Å². The average molecular weight is 501 g/mol. The molecule has 4 aromatic rings. The maximum Gasteiger partial charge on any atom is 0.253 e. The molecule has 0 unspecified atom stereocenters. The van der Waals surface area contributed by atoms with Crippen LogP contribution in [0.3, 0.4) is 0 Å². The van der Waals surface area contributed by atoms with Gasteiger partial charge in [-0.15, -0.1) is 0 Å². The first kappa shape index (κ1) is 24.7. The number of ether oxygens (including phenoxy) is 1. The van der Waals surface area contributed by atoms with Gasteiger partial charge in [-0.05, 0) is 26.2 Å². The molecule has 0 radical (unpaired) electrons. The van der Waals surface area contributed by atoms with E-state index in [0.717, 1.165) is 29.9 Å². The molecule has 0 atom stereocenters. The maximum absolute atomic E-state index is 6.46. The number of nitrogens with two attached hydrogens (primary N) is 1. The molecule has 1 aliphatic heterocycles. The van der Waals surface area contributed by atoms with Gasteiger partial charge in [0, 0.05) is 56.6 Å². The van der Waals surface area contributed by atoms with Crippen molar-refractivity contribution in [2.24, 2.45) is 10.7 Å². The SMILES string of the molecule is CN=C(C=C(N)c1cc2nc(-n3ccc(-c4ccccc4)n3)nc(N3CCOCC3)c2o1)CCN(C)C. The number of hydrogen-bond acceptors (Lipinski definition) is 9. The Morgan fingerprint density at radius 3 is 2.65 bits per heavy atom. The van der Waals surface area contributed by atoms with E-state index < -0.39 is 0 Å². The second-order valence-electron chi connectivity index (χ2n) is 9.15. The third kappa shape index (κ3) is 5.55. The molecular formula is C27H32N8O2. The zero-order valence-corrected chi connectivity index (χ0v) is 21.5. The van der Waals surface area contributed by atoms with Crippen LogP contribution in [0.15, 0.2) is 64.1 Å². The minimum absolute atomic E-state index is 0.466. The number of morpholine rings is 1. The number of furan rings is 1. The lowest BCUT2D eigenvalue weighted by Crippen LogP contribution is -2.37. The highest BCUT2D eigenvalue weighted by Gasteiger charge is 2.22. The zero-order valence-electron chi connectivity index (χ0n) is 21.5. The number of rotatable bonds is 8. The number of allylic oxidation sites excluding steroid dienone is 1. The van der Waals surface area contributed by atoms with Gasteiger partial charge < -0.3 is 24.7 Å². The second kappa shape index (κ2) is 10.9. The lowest BCUT2D eigenvalue weighted by atomic mass is 10.2. The molecule has 1 fully saturated rings. The van der Waals surface area contributed by atoms with Crippen molar-refractivity contribution < 1.29 is 9.15 Å². The molecule has 1 aliphatic rings. The first-order valence-corrected chi connectivity index (χ1v) is 12.4. The fraction of sp³-hybridized carbons (Fsp3) is 0.333. The van der Waals surface area contributed by atoms with Crippen molar-refractivity contribution >= 4 is 28.3 Å². The number of nitrogens with zero attached hydrogens (tertiary/aromatic N) is 7. The minimum atomic E-state index is 0.466. The van der Waals surface area contributed by atoms with Crippen LogP contribution in [-0.2, 0) is 4.74 Å². The summed E-state index contributed by atoms with van der Waals surface area (Å²) in [5.74, 6) is 1.70. The largest absolute Gasteiger partial charge is 0.449 e. The fourth-order valence-electron chi connectivity index (χ4n) is 4.17. The number of aliphatic imine (C=N–C) groups is 1. The average Bonchev–Trinajstić information content (AvgIpc) is 3.59. The minimum Gasteiger partial charge on any atom is -0.449 e. The van der Waals surface area contributed by atoms with E-state index >= 15 is 0 Å². The molecule has 1 aromatic carbocycles. The highest BCUT2D eigenvalue weighted by molar-refractivity contribution is 6.00. The topological polar surface area (TPSA) is 111 Å². The molecule has 10 nitrogen and oxygen atoms in total. The quantitative estimate of drug-likeness (QED) is 0.367. The van der Waals surface area contributed by atoms with E-state index in [1.807, 2.05) is 68.8 Å². The van der Waals surface area contributed by atoms with E-state index in [4.69, 9.17) is 30.0 Å². The molecule has 0 bridgehead atoms. The van der Waals surface area contributed by atoms with Crippen LogP contribution >= 0.6 is 0 Å². The Morgan fingerprint density at radius 2 is 1.92 bits per heavy atom. The molecule has 0 spiro atoms. The lowest BCUT2D eigenvalue weighted by Gasteiger charge is -2.27. The summed E-state index contributed by atoms with van der Waals surface area (Å²) in [4.78, 5) is 18.3. The summed E-state index contributed by atoms with van der Waals surface area (Å²) in [5, 5.41) is 4.73. The van der Waals surface area contributed by atoms with Gasteiger partial charge in [-0.1, -0.05) is 30.3 Å². The van der Waals surface area contributed by atoms with Crippen LogP contribution in [0, 0.1) is 0 Å². The van der Waals surface area contributed by atoms with Crippen LogP contribution in [-0.4, -0.2) is 84.4 Å². The van der Waals surface area contributed by atoms with Crippen molar-refractivity contribution in [2.45, 2.75) is 6.42 Å². The number of anilines is 1. The molecular weight excluding hydrogens is 468 g/mol. The van der Waals surface area contributed by atoms with Crippen LogP contribution in [0.5, 0.6) is 0 Å². The summed E-state index contributed by atoms with van der Waals surface area (Å²) >= 11 is 0. The Labute approximate surface area is 216 Å². The van der Waals surface area contributed by atoms with E-state index in [2.05, 4.69) is 14.8 Å². The predicted octanol–water partition coefficient (Wildman–Crippen LogP) is 3.23. The Balaban J connectivity index is 1.54. The molecule has 1 saturated heterocycles. The first-order chi connectivity index (χ1) is 18.0. The molecule has 0 aliphatic carbocycles. The van der Waals surface area contributed by atoms with Crippen molar-refractivity contribution in [1.29, 1.82) is 0 Å². The summed E-state index contributed by atoms with van der Waals surface area (Å²) in [7, 11) is 5.84. The fourth-order valence-corrected chi connectivity index (χ4v) is 4.17. The van der Waals surface area contributed by atoms with Gasteiger partial charge >= 0.3 is 0 Å². The van der Waals surface area contributed by atoms with Crippen molar-refractivity contribution in [3.8, 4) is 17.2 Å². The number of aromatic nitrogens is 4. The summed E-state index contributed by atoms with van der Waals surface area (Å²) in [6, 6.07) is 13.8. The lowest BCUT2D eigenvalue weighted by molar-refractivity contribution is 0.122. The standard InChI is InChI=1S/C27H32N8O2/c1-29-20(9-11-33(2)3)17-21(28)24-18-23-25(37-24)26(34-13-15-36-16-14-34)31-27(30-23)35-12-10-22(32-35)19-7-5-4-6-8-19/h4-8,10,12,17-18H,9,11,13-16,28H2,1-3H3. The number of benzene rings is 1. The monoisotopic (exact) mass is 500 g/mol. The molecule has 0 amide bonds. The van der Waals surface area contributed by atoms with Crippen molar-refractivity contribution in [3.63, 3.8) is 0 Å². The third-order valence-electron chi connectivity index (χ3n) is 6.23. The number of fused-ring (bicyclic) bond motifs is 1. The molecule has 37 heavy (non-hydrogen) atoms. The van der Waals surface area contributed by atoms with Crippen LogP contribution in [0.1, 0.15) is 12.2 Å². The van der Waals surface area contributed by atoms with Gasteiger partial charge in [0.05, 0.1) is 24.6 Å². The van der Waals surface area contributed by atoms with Gasteiger partial charge in [-0.25, -0.2) is 9.67 Å². The smallest absolute Gasteiger partial charge is 0.253 e. The molecule has 2 N–H and O–H groups in total. The summed E-state index contributed by atoms with van der Waals surface area (Å²) in [6.07, 6.45) is 4.52. The van der Waals surface area contributed by atoms with Gasteiger partial charge in [0.25, 0.3) is 5.95 Å². The zero-order chi connectivity index (χ0) is 25.8. The highest BCUT2D eigenvalue weighted by Crippen LogP contribution is 2.30. The van der Waals surface area contributed by atoms with E-state index in [1.54, 1.807) is 11.7 Å². The van der Waals surface area contributed by atoms with Crippen molar-refractivity contribution in [3.05, 3.63) is 60.5 Å². The van der Waals surface area contributed by atoms with E-state index in [0.29, 0.717) is 60.6 Å². The Kier molecular flexibility index (Phi) is 7.29. The Bertz CT molecular complexity index is 1410. The van der Waals surface area contributed by atoms with Gasteiger partial charge in [-0.3, -0.25) is 4.99 Å². The van der Waals surface area contributed by atoms with Gasteiger partial charge in [0.2, 0.25) is 0 Å². The van der Waals surface area contributed by atoms with Crippen molar-refractivity contribution in [1.82, 2.24) is 24.6 Å². The Hall–Kier alpha value is -4.02. The van der Waals surface area contributed by atoms with Crippen LogP contribution in [0.25, 0.3) is 34.0 Å².